The largest absolute Gasteiger partial charge is 0.496 e. The molecule has 3 N–H and O–H groups in total. The minimum Gasteiger partial charge on any atom is -0.496 e. The fourth-order valence-corrected chi connectivity index (χ4v) is 3.31. The Morgan fingerprint density at radius 3 is 3.08 bits per heavy atom. The molecular weight excluding hydrogens is 333 g/mol. The number of nitrogens with zero attached hydrogens (tertiary/aromatic N) is 1. The molecule has 1 amide bonds. The Morgan fingerprint density at radius 1 is 1.54 bits per heavy atom. The molecule has 0 spiro atoms. The standard InChI is InChI=1S/C16H18FN3O3S/c1-22-13-4-2-9(17)6-11(13)12-8-24-16(19-12)20-15(21)14-5-3-10(7-18)23-14/h2,4,6,8,10,14H,3,5,7,18H2,1H3,(H,19,20,21)/t10-,14+/m1/s1. The minimum atomic E-state index is -0.505. The molecule has 1 aliphatic heterocycles. The number of amides is 1. The second-order valence-electron chi connectivity index (χ2n) is 5.43. The first-order valence-corrected chi connectivity index (χ1v) is 8.44. The van der Waals surface area contributed by atoms with Gasteiger partial charge in [0.25, 0.3) is 5.91 Å². The Hall–Kier alpha value is -2.03. The summed E-state index contributed by atoms with van der Waals surface area (Å²) in [7, 11) is 1.51. The van der Waals surface area contributed by atoms with Crippen molar-refractivity contribution in [3.05, 3.63) is 29.4 Å². The van der Waals surface area contributed by atoms with Crippen molar-refractivity contribution in [2.24, 2.45) is 5.73 Å². The van der Waals surface area contributed by atoms with E-state index in [1.807, 2.05) is 0 Å². The number of carbonyl (C=O) groups is 1. The van der Waals surface area contributed by atoms with Gasteiger partial charge >= 0.3 is 0 Å². The fourth-order valence-electron chi connectivity index (χ4n) is 2.59. The number of nitrogens with one attached hydrogen (secondary N) is 1. The van der Waals surface area contributed by atoms with E-state index in [4.69, 9.17) is 15.2 Å². The van der Waals surface area contributed by atoms with E-state index >= 15 is 0 Å². The molecular formula is C16H18FN3O3S. The van der Waals surface area contributed by atoms with Crippen LogP contribution in [0.2, 0.25) is 0 Å². The van der Waals surface area contributed by atoms with Crippen molar-refractivity contribution < 1.29 is 18.7 Å². The molecule has 1 aliphatic rings. The Kier molecular flexibility index (Phi) is 5.08. The molecule has 0 radical (unpaired) electrons. The van der Waals surface area contributed by atoms with Gasteiger partial charge in [-0.3, -0.25) is 10.1 Å². The molecule has 0 unspecified atom stereocenters. The lowest BCUT2D eigenvalue weighted by atomic mass is 10.1. The average Bonchev–Trinajstić information content (AvgIpc) is 3.24. The molecule has 8 heteroatoms. The van der Waals surface area contributed by atoms with Crippen molar-refractivity contribution in [2.45, 2.75) is 25.0 Å². The quantitative estimate of drug-likeness (QED) is 0.864. The van der Waals surface area contributed by atoms with Crippen molar-refractivity contribution in [3.8, 4) is 17.0 Å². The van der Waals surface area contributed by atoms with Crippen LogP contribution in [0.1, 0.15) is 12.8 Å². The second-order valence-corrected chi connectivity index (χ2v) is 6.29. The number of benzene rings is 1. The van der Waals surface area contributed by atoms with Gasteiger partial charge in [-0.05, 0) is 31.0 Å². The smallest absolute Gasteiger partial charge is 0.255 e. The molecule has 24 heavy (non-hydrogen) atoms. The Bertz CT molecular complexity index is 737. The third-order valence-corrected chi connectivity index (χ3v) is 4.59. The van der Waals surface area contributed by atoms with E-state index in [9.17, 15) is 9.18 Å². The van der Waals surface area contributed by atoms with E-state index < -0.39 is 6.10 Å². The third-order valence-electron chi connectivity index (χ3n) is 3.83. The van der Waals surface area contributed by atoms with E-state index in [-0.39, 0.29) is 17.8 Å². The molecule has 128 valence electrons. The lowest BCUT2D eigenvalue weighted by Gasteiger charge is -2.11. The minimum absolute atomic E-state index is 0.0656. The summed E-state index contributed by atoms with van der Waals surface area (Å²) in [5, 5.41) is 4.91. The highest BCUT2D eigenvalue weighted by molar-refractivity contribution is 7.14. The summed E-state index contributed by atoms with van der Waals surface area (Å²) < 4.78 is 24.3. The summed E-state index contributed by atoms with van der Waals surface area (Å²) >= 11 is 1.26. The lowest BCUT2D eigenvalue weighted by molar-refractivity contribution is -0.126. The number of nitrogens with two attached hydrogens (primary N) is 1. The van der Waals surface area contributed by atoms with Crippen LogP contribution in [0.5, 0.6) is 5.75 Å². The molecule has 6 nitrogen and oxygen atoms in total. The van der Waals surface area contributed by atoms with E-state index in [2.05, 4.69) is 10.3 Å². The number of hydrogen-bond donors (Lipinski definition) is 2. The van der Waals surface area contributed by atoms with Gasteiger partial charge in [-0.2, -0.15) is 0 Å². The predicted molar refractivity (Wildman–Crippen MR) is 89.6 cm³/mol. The summed E-state index contributed by atoms with van der Waals surface area (Å²) in [6.45, 7) is 0.407. The third kappa shape index (κ3) is 3.55. The maximum absolute atomic E-state index is 13.5. The molecule has 0 aliphatic carbocycles. The number of halogens is 1. The number of methoxy groups -OCH3 is 1. The first kappa shape index (κ1) is 16.8. The molecule has 0 bridgehead atoms. The van der Waals surface area contributed by atoms with Crippen molar-refractivity contribution in [3.63, 3.8) is 0 Å². The molecule has 0 saturated carbocycles. The zero-order valence-corrected chi connectivity index (χ0v) is 13.9. The predicted octanol–water partition coefficient (Wildman–Crippen LogP) is 2.40. The van der Waals surface area contributed by atoms with Gasteiger partial charge in [0.15, 0.2) is 5.13 Å². The van der Waals surface area contributed by atoms with E-state index in [0.717, 1.165) is 6.42 Å². The molecule has 2 atom stereocenters. The summed E-state index contributed by atoms with van der Waals surface area (Å²) in [5.41, 5.74) is 6.62. The van der Waals surface area contributed by atoms with Gasteiger partial charge in [0.1, 0.15) is 17.7 Å². The van der Waals surface area contributed by atoms with Gasteiger partial charge in [-0.15, -0.1) is 11.3 Å². The van der Waals surface area contributed by atoms with Gasteiger partial charge in [-0.1, -0.05) is 0 Å². The Labute approximate surface area is 142 Å². The van der Waals surface area contributed by atoms with Crippen molar-refractivity contribution in [1.82, 2.24) is 4.98 Å². The van der Waals surface area contributed by atoms with Crippen LogP contribution < -0.4 is 15.8 Å². The van der Waals surface area contributed by atoms with E-state index in [0.29, 0.717) is 35.1 Å². The van der Waals surface area contributed by atoms with Crippen molar-refractivity contribution in [2.75, 3.05) is 19.0 Å². The molecule has 1 aromatic carbocycles. The highest BCUT2D eigenvalue weighted by atomic mass is 32.1. The zero-order valence-electron chi connectivity index (χ0n) is 13.1. The number of ether oxygens (including phenoxy) is 2. The van der Waals surface area contributed by atoms with Crippen LogP contribution in [0.15, 0.2) is 23.6 Å². The van der Waals surface area contributed by atoms with Crippen LogP contribution in [-0.2, 0) is 9.53 Å². The number of hydrogen-bond acceptors (Lipinski definition) is 6. The van der Waals surface area contributed by atoms with Crippen LogP contribution in [0.4, 0.5) is 9.52 Å². The van der Waals surface area contributed by atoms with Crippen LogP contribution in [0, 0.1) is 5.82 Å². The molecule has 3 rings (SSSR count). The molecule has 1 saturated heterocycles. The highest BCUT2D eigenvalue weighted by Gasteiger charge is 2.30. The summed E-state index contributed by atoms with van der Waals surface area (Å²) in [4.78, 5) is 16.5. The fraction of sp³-hybridized carbons (Fsp3) is 0.375. The average molecular weight is 351 g/mol. The Balaban J connectivity index is 1.72. The van der Waals surface area contributed by atoms with Crippen molar-refractivity contribution in [1.29, 1.82) is 0 Å². The lowest BCUT2D eigenvalue weighted by Crippen LogP contribution is -2.29. The SMILES string of the molecule is COc1ccc(F)cc1-c1csc(NC(=O)[C@@H]2CC[C@H](CN)O2)n1. The highest BCUT2D eigenvalue weighted by Crippen LogP contribution is 2.33. The zero-order chi connectivity index (χ0) is 17.1. The number of anilines is 1. The monoisotopic (exact) mass is 351 g/mol. The Morgan fingerprint density at radius 2 is 2.38 bits per heavy atom. The molecule has 1 aromatic heterocycles. The maximum Gasteiger partial charge on any atom is 0.255 e. The molecule has 1 fully saturated rings. The molecule has 2 heterocycles. The van der Waals surface area contributed by atoms with E-state index in [1.54, 1.807) is 11.4 Å². The summed E-state index contributed by atoms with van der Waals surface area (Å²) in [5.74, 6) is -0.0980. The topological polar surface area (TPSA) is 86.5 Å². The first-order valence-electron chi connectivity index (χ1n) is 7.56. The number of thiazole rings is 1. The van der Waals surface area contributed by atoms with Gasteiger partial charge < -0.3 is 15.2 Å². The van der Waals surface area contributed by atoms with Crippen LogP contribution in [0.25, 0.3) is 11.3 Å². The van der Waals surface area contributed by atoms with Gasteiger partial charge in [-0.25, -0.2) is 9.37 Å². The van der Waals surface area contributed by atoms with Crippen LogP contribution >= 0.6 is 11.3 Å². The summed E-state index contributed by atoms with van der Waals surface area (Å²) in [6, 6.07) is 4.22. The van der Waals surface area contributed by atoms with Crippen LogP contribution in [-0.4, -0.2) is 36.8 Å². The van der Waals surface area contributed by atoms with Gasteiger partial charge in [0, 0.05) is 17.5 Å². The van der Waals surface area contributed by atoms with E-state index in [1.165, 1.54) is 30.6 Å². The van der Waals surface area contributed by atoms with Crippen molar-refractivity contribution >= 4 is 22.4 Å². The molecule has 2 aromatic rings. The number of aromatic nitrogens is 1. The van der Waals surface area contributed by atoms with Gasteiger partial charge in [0.2, 0.25) is 0 Å². The normalized spacial score (nSPS) is 20.1. The number of carbonyl (C=O) groups excluding carboxylic acids is 1. The first-order chi connectivity index (χ1) is 11.6. The van der Waals surface area contributed by atoms with Crippen LogP contribution in [0.3, 0.4) is 0 Å². The second kappa shape index (κ2) is 7.25. The maximum atomic E-state index is 13.5. The number of rotatable bonds is 5. The van der Waals surface area contributed by atoms with Gasteiger partial charge in [0.05, 0.1) is 18.9 Å². The summed E-state index contributed by atoms with van der Waals surface area (Å²) in [6.07, 6.45) is 0.848.